The van der Waals surface area contributed by atoms with Crippen molar-refractivity contribution in [2.75, 3.05) is 6.61 Å². The molecule has 2 heterocycles. The van der Waals surface area contributed by atoms with Gasteiger partial charge in [0, 0.05) is 18.5 Å². The largest absolute Gasteiger partial charge is 0.376 e. The van der Waals surface area contributed by atoms with Crippen molar-refractivity contribution in [3.05, 3.63) is 22.8 Å². The van der Waals surface area contributed by atoms with E-state index in [2.05, 4.69) is 9.97 Å². The Morgan fingerprint density at radius 1 is 1.46 bits per heavy atom. The fourth-order valence-electron chi connectivity index (χ4n) is 1.60. The Morgan fingerprint density at radius 3 is 3.08 bits per heavy atom. The molecule has 2 N–H and O–H groups in total. The third kappa shape index (κ3) is 1.55. The molecule has 1 aliphatic heterocycles. The molecule has 0 radical (unpaired) electrons. The molecule has 13 heavy (non-hydrogen) atoms. The quantitative estimate of drug-likeness (QED) is 0.674. The molecule has 2 rings (SSSR count). The lowest BCUT2D eigenvalue weighted by Gasteiger charge is -2.18. The van der Waals surface area contributed by atoms with Gasteiger partial charge in [0.1, 0.15) is 5.82 Å². The van der Waals surface area contributed by atoms with Crippen molar-refractivity contribution in [1.82, 2.24) is 9.97 Å². The molecule has 0 spiro atoms. The molecule has 0 bridgehead atoms. The van der Waals surface area contributed by atoms with Gasteiger partial charge in [-0.05, 0) is 6.92 Å². The topological polar surface area (TPSA) is 61.0 Å². The van der Waals surface area contributed by atoms with Gasteiger partial charge in [-0.2, -0.15) is 0 Å². The summed E-state index contributed by atoms with van der Waals surface area (Å²) in [6, 6.07) is 0. The van der Waals surface area contributed by atoms with Crippen LogP contribution in [-0.4, -0.2) is 16.6 Å². The lowest BCUT2D eigenvalue weighted by atomic mass is 10.1. The van der Waals surface area contributed by atoms with E-state index in [-0.39, 0.29) is 0 Å². The minimum absolute atomic E-state index is 0.467. The van der Waals surface area contributed by atoms with Crippen molar-refractivity contribution >= 4 is 0 Å². The molecule has 0 unspecified atom stereocenters. The highest BCUT2D eigenvalue weighted by molar-refractivity contribution is 5.26. The molecular weight excluding hydrogens is 166 g/mol. The van der Waals surface area contributed by atoms with Crippen molar-refractivity contribution in [2.24, 2.45) is 5.73 Å². The number of fused-ring (bicyclic) bond motifs is 1. The average Bonchev–Trinajstić information content (AvgIpc) is 2.16. The Balaban J connectivity index is 2.50. The van der Waals surface area contributed by atoms with Gasteiger partial charge in [-0.1, -0.05) is 0 Å². The summed E-state index contributed by atoms with van der Waals surface area (Å²) in [5.74, 6) is 0.807. The summed E-state index contributed by atoms with van der Waals surface area (Å²) in [6.45, 7) is 3.74. The zero-order valence-corrected chi connectivity index (χ0v) is 7.71. The van der Waals surface area contributed by atoms with Crippen molar-refractivity contribution in [1.29, 1.82) is 0 Å². The van der Waals surface area contributed by atoms with Crippen LogP contribution in [0.4, 0.5) is 0 Å². The molecule has 4 heteroatoms. The molecule has 0 saturated heterocycles. The minimum Gasteiger partial charge on any atom is -0.376 e. The normalized spacial score (nSPS) is 15.5. The molecule has 1 aromatic heterocycles. The Kier molecular flexibility index (Phi) is 2.24. The van der Waals surface area contributed by atoms with E-state index in [1.807, 2.05) is 6.92 Å². The fraction of sp³-hybridized carbons (Fsp3) is 0.556. The highest BCUT2D eigenvalue weighted by Crippen LogP contribution is 2.17. The number of nitrogens with two attached hydrogens (primary N) is 1. The van der Waals surface area contributed by atoms with E-state index in [9.17, 15) is 0 Å². The van der Waals surface area contributed by atoms with Gasteiger partial charge in [0.2, 0.25) is 0 Å². The Morgan fingerprint density at radius 2 is 2.31 bits per heavy atom. The first kappa shape index (κ1) is 8.59. The van der Waals surface area contributed by atoms with Gasteiger partial charge >= 0.3 is 0 Å². The van der Waals surface area contributed by atoms with Crippen LogP contribution in [0.3, 0.4) is 0 Å². The summed E-state index contributed by atoms with van der Waals surface area (Å²) in [7, 11) is 0. The van der Waals surface area contributed by atoms with Crippen LogP contribution in [0.5, 0.6) is 0 Å². The molecule has 0 aliphatic carbocycles. The molecule has 0 saturated carbocycles. The third-order valence-electron chi connectivity index (χ3n) is 2.21. The summed E-state index contributed by atoms with van der Waals surface area (Å²) in [6.07, 6.45) is 0.881. The molecule has 1 aliphatic rings. The summed E-state index contributed by atoms with van der Waals surface area (Å²) in [5, 5.41) is 0. The SMILES string of the molecule is Cc1nc(CN)c2c(n1)CCOC2. The lowest BCUT2D eigenvalue weighted by Crippen LogP contribution is -2.18. The Hall–Kier alpha value is -1.00. The van der Waals surface area contributed by atoms with Gasteiger partial charge < -0.3 is 10.5 Å². The summed E-state index contributed by atoms with van der Waals surface area (Å²) >= 11 is 0. The van der Waals surface area contributed by atoms with E-state index < -0.39 is 0 Å². The van der Waals surface area contributed by atoms with Crippen LogP contribution in [0.1, 0.15) is 22.8 Å². The van der Waals surface area contributed by atoms with Crippen LogP contribution in [0, 0.1) is 6.92 Å². The smallest absolute Gasteiger partial charge is 0.125 e. The maximum Gasteiger partial charge on any atom is 0.125 e. The van der Waals surface area contributed by atoms with Crippen LogP contribution >= 0.6 is 0 Å². The first-order valence-electron chi connectivity index (χ1n) is 4.44. The zero-order valence-electron chi connectivity index (χ0n) is 7.71. The second-order valence-electron chi connectivity index (χ2n) is 3.15. The monoisotopic (exact) mass is 179 g/mol. The first-order chi connectivity index (χ1) is 6.31. The highest BCUT2D eigenvalue weighted by atomic mass is 16.5. The van der Waals surface area contributed by atoms with Gasteiger partial charge in [0.05, 0.1) is 24.6 Å². The molecular formula is C9H13N3O. The van der Waals surface area contributed by atoms with E-state index in [0.29, 0.717) is 13.2 Å². The number of hydrogen-bond donors (Lipinski definition) is 1. The maximum absolute atomic E-state index is 5.60. The number of aromatic nitrogens is 2. The van der Waals surface area contributed by atoms with Gasteiger partial charge in [-0.15, -0.1) is 0 Å². The number of rotatable bonds is 1. The van der Waals surface area contributed by atoms with E-state index >= 15 is 0 Å². The number of hydrogen-bond acceptors (Lipinski definition) is 4. The van der Waals surface area contributed by atoms with Crippen molar-refractivity contribution in [2.45, 2.75) is 26.5 Å². The maximum atomic E-state index is 5.60. The Bertz CT molecular complexity index is 308. The Labute approximate surface area is 77.1 Å². The van der Waals surface area contributed by atoms with Crippen molar-refractivity contribution in [3.63, 3.8) is 0 Å². The molecule has 0 atom stereocenters. The predicted molar refractivity (Wildman–Crippen MR) is 48.0 cm³/mol. The van der Waals surface area contributed by atoms with Gasteiger partial charge in [-0.3, -0.25) is 0 Å². The summed E-state index contributed by atoms with van der Waals surface area (Å²) in [5.41, 5.74) is 8.74. The van der Waals surface area contributed by atoms with Crippen LogP contribution in [0.2, 0.25) is 0 Å². The molecule has 4 nitrogen and oxygen atoms in total. The van der Waals surface area contributed by atoms with Crippen LogP contribution in [-0.2, 0) is 24.3 Å². The van der Waals surface area contributed by atoms with Crippen molar-refractivity contribution in [3.8, 4) is 0 Å². The molecule has 0 fully saturated rings. The lowest BCUT2D eigenvalue weighted by molar-refractivity contribution is 0.108. The van der Waals surface area contributed by atoms with Crippen molar-refractivity contribution < 1.29 is 4.74 Å². The first-order valence-corrected chi connectivity index (χ1v) is 4.44. The van der Waals surface area contributed by atoms with Gasteiger partial charge in [-0.25, -0.2) is 9.97 Å². The van der Waals surface area contributed by atoms with E-state index in [1.54, 1.807) is 0 Å². The second kappa shape index (κ2) is 3.40. The summed E-state index contributed by atoms with van der Waals surface area (Å²) in [4.78, 5) is 8.66. The van der Waals surface area contributed by atoms with E-state index in [4.69, 9.17) is 10.5 Å². The summed E-state index contributed by atoms with van der Waals surface area (Å²) < 4.78 is 5.34. The molecule has 70 valence electrons. The van der Waals surface area contributed by atoms with Crippen LogP contribution in [0.25, 0.3) is 0 Å². The number of ether oxygens (including phenoxy) is 1. The van der Waals surface area contributed by atoms with Crippen LogP contribution in [0.15, 0.2) is 0 Å². The average molecular weight is 179 g/mol. The number of nitrogens with zero attached hydrogens (tertiary/aromatic N) is 2. The molecule has 0 aromatic carbocycles. The molecule has 0 amide bonds. The number of aryl methyl sites for hydroxylation is 1. The van der Waals surface area contributed by atoms with E-state index in [1.165, 1.54) is 0 Å². The third-order valence-corrected chi connectivity index (χ3v) is 2.21. The highest BCUT2D eigenvalue weighted by Gasteiger charge is 2.15. The van der Waals surface area contributed by atoms with Crippen LogP contribution < -0.4 is 5.73 Å². The van der Waals surface area contributed by atoms with E-state index in [0.717, 1.165) is 35.8 Å². The standard InChI is InChI=1S/C9H13N3O/c1-6-11-8-2-3-13-5-7(8)9(4-10)12-6/h2-5,10H2,1H3. The molecule has 1 aromatic rings. The van der Waals surface area contributed by atoms with Gasteiger partial charge in [0.15, 0.2) is 0 Å². The second-order valence-corrected chi connectivity index (χ2v) is 3.15. The fourth-order valence-corrected chi connectivity index (χ4v) is 1.60. The predicted octanol–water partition coefficient (Wildman–Crippen LogP) is 0.316. The van der Waals surface area contributed by atoms with Gasteiger partial charge in [0.25, 0.3) is 0 Å². The minimum atomic E-state index is 0.467. The zero-order chi connectivity index (χ0) is 9.26.